The zero-order chi connectivity index (χ0) is 22.1. The molecule has 2 N–H and O–H groups in total. The van der Waals surface area contributed by atoms with Crippen LogP contribution in [0.4, 0.5) is 0 Å². The summed E-state index contributed by atoms with van der Waals surface area (Å²) in [5.74, 6) is 1.56. The number of ether oxygens (including phenoxy) is 2. The SMILES string of the molecule is COc1ccc(CN(C)C(=O)C[NH+]2CC[NH+](C/C=C/c3ccccc3)CC2)cc1OC. The number of piperazine rings is 1. The van der Waals surface area contributed by atoms with E-state index in [9.17, 15) is 4.79 Å². The van der Waals surface area contributed by atoms with Crippen LogP contribution < -0.4 is 19.3 Å². The van der Waals surface area contributed by atoms with Crippen molar-refractivity contribution < 1.29 is 24.1 Å². The fraction of sp³-hybridized carbons (Fsp3) is 0.400. The summed E-state index contributed by atoms with van der Waals surface area (Å²) < 4.78 is 10.6. The van der Waals surface area contributed by atoms with Gasteiger partial charge < -0.3 is 24.2 Å². The molecule has 6 nitrogen and oxygen atoms in total. The topological polar surface area (TPSA) is 47.6 Å². The minimum absolute atomic E-state index is 0.178. The van der Waals surface area contributed by atoms with E-state index in [1.54, 1.807) is 24.0 Å². The van der Waals surface area contributed by atoms with Gasteiger partial charge in [-0.1, -0.05) is 42.5 Å². The summed E-state index contributed by atoms with van der Waals surface area (Å²) in [6, 6.07) is 16.2. The fourth-order valence-electron chi connectivity index (χ4n) is 3.95. The van der Waals surface area contributed by atoms with Gasteiger partial charge in [0.1, 0.15) is 26.2 Å². The third-order valence-corrected chi connectivity index (χ3v) is 5.88. The first-order valence-electron chi connectivity index (χ1n) is 10.9. The van der Waals surface area contributed by atoms with Gasteiger partial charge in [0, 0.05) is 13.6 Å². The van der Waals surface area contributed by atoms with Gasteiger partial charge in [-0.3, -0.25) is 4.79 Å². The molecule has 0 atom stereocenters. The van der Waals surface area contributed by atoms with E-state index < -0.39 is 0 Å². The molecule has 3 rings (SSSR count). The number of likely N-dealkylation sites (N-methyl/N-ethyl adjacent to an activating group) is 1. The molecule has 1 saturated heterocycles. The Bertz CT molecular complexity index is 862. The second-order valence-electron chi connectivity index (χ2n) is 8.13. The number of hydrogen-bond donors (Lipinski definition) is 2. The minimum Gasteiger partial charge on any atom is -0.493 e. The average molecular weight is 426 g/mol. The monoisotopic (exact) mass is 425 g/mol. The molecule has 6 heteroatoms. The third kappa shape index (κ3) is 6.84. The van der Waals surface area contributed by atoms with Crippen LogP contribution in [0.5, 0.6) is 11.5 Å². The van der Waals surface area contributed by atoms with Gasteiger partial charge in [0.25, 0.3) is 5.91 Å². The van der Waals surface area contributed by atoms with Crippen molar-refractivity contribution in [3.8, 4) is 11.5 Å². The van der Waals surface area contributed by atoms with E-state index in [4.69, 9.17) is 9.47 Å². The van der Waals surface area contributed by atoms with Gasteiger partial charge >= 0.3 is 0 Å². The Morgan fingerprint density at radius 1 is 0.968 bits per heavy atom. The molecule has 0 aliphatic carbocycles. The van der Waals surface area contributed by atoms with Crippen LogP contribution in [0.25, 0.3) is 6.08 Å². The average Bonchev–Trinajstić information content (AvgIpc) is 2.80. The van der Waals surface area contributed by atoms with Gasteiger partial charge in [-0.05, 0) is 29.3 Å². The molecule has 1 amide bonds. The molecule has 1 aliphatic rings. The predicted octanol–water partition coefficient (Wildman–Crippen LogP) is 0.159. The highest BCUT2D eigenvalue weighted by molar-refractivity contribution is 5.76. The van der Waals surface area contributed by atoms with Crippen molar-refractivity contribution in [1.29, 1.82) is 0 Å². The van der Waals surface area contributed by atoms with Gasteiger partial charge in [-0.15, -0.1) is 0 Å². The maximum atomic E-state index is 12.7. The lowest BCUT2D eigenvalue weighted by molar-refractivity contribution is -1.01. The van der Waals surface area contributed by atoms with Crippen LogP contribution in [-0.2, 0) is 11.3 Å². The van der Waals surface area contributed by atoms with Crippen LogP contribution >= 0.6 is 0 Å². The van der Waals surface area contributed by atoms with Crippen molar-refractivity contribution in [3.05, 3.63) is 65.7 Å². The Kier molecular flexibility index (Phi) is 8.50. The third-order valence-electron chi connectivity index (χ3n) is 5.88. The fourth-order valence-corrected chi connectivity index (χ4v) is 3.95. The van der Waals surface area contributed by atoms with E-state index in [0.29, 0.717) is 24.6 Å². The summed E-state index contributed by atoms with van der Waals surface area (Å²) in [7, 11) is 5.12. The summed E-state index contributed by atoms with van der Waals surface area (Å²) in [5, 5.41) is 0. The summed E-state index contributed by atoms with van der Waals surface area (Å²) in [6.45, 7) is 6.41. The van der Waals surface area contributed by atoms with E-state index in [0.717, 1.165) is 38.3 Å². The first-order chi connectivity index (χ1) is 15.1. The predicted molar refractivity (Wildman–Crippen MR) is 123 cm³/mol. The number of amides is 1. The number of nitrogens with zero attached hydrogens (tertiary/aromatic N) is 1. The molecule has 0 radical (unpaired) electrons. The first-order valence-corrected chi connectivity index (χ1v) is 10.9. The number of quaternary nitrogens is 2. The van der Waals surface area contributed by atoms with Crippen molar-refractivity contribution in [2.45, 2.75) is 6.54 Å². The van der Waals surface area contributed by atoms with Gasteiger partial charge in [-0.2, -0.15) is 0 Å². The van der Waals surface area contributed by atoms with Gasteiger partial charge in [0.05, 0.1) is 20.8 Å². The summed E-state index contributed by atoms with van der Waals surface area (Å²) in [5.41, 5.74) is 2.28. The lowest BCUT2D eigenvalue weighted by Gasteiger charge is -2.29. The van der Waals surface area contributed by atoms with Crippen molar-refractivity contribution in [1.82, 2.24) is 4.90 Å². The summed E-state index contributed by atoms with van der Waals surface area (Å²) in [4.78, 5) is 17.5. The Morgan fingerprint density at radius 2 is 1.65 bits per heavy atom. The first kappa shape index (κ1) is 22.8. The number of rotatable bonds is 9. The van der Waals surface area contributed by atoms with Crippen LogP contribution in [0, 0.1) is 0 Å². The van der Waals surface area contributed by atoms with E-state index in [-0.39, 0.29) is 5.91 Å². The van der Waals surface area contributed by atoms with E-state index in [1.165, 1.54) is 10.5 Å². The highest BCUT2D eigenvalue weighted by Gasteiger charge is 2.25. The van der Waals surface area contributed by atoms with Crippen LogP contribution in [0.2, 0.25) is 0 Å². The van der Waals surface area contributed by atoms with E-state index >= 15 is 0 Å². The van der Waals surface area contributed by atoms with E-state index in [2.05, 4.69) is 36.4 Å². The molecule has 2 aromatic rings. The molecule has 2 aromatic carbocycles. The number of nitrogens with one attached hydrogen (secondary N) is 2. The standard InChI is InChI=1S/C25H33N3O3/c1-26(19-22-11-12-23(30-2)24(18-22)31-3)25(29)20-28-16-14-27(15-17-28)13-7-10-21-8-5-4-6-9-21/h4-12,18H,13-17,19-20H2,1-3H3/p+2/b10-7+. The largest absolute Gasteiger partial charge is 0.493 e. The van der Waals surface area contributed by atoms with Crippen LogP contribution in [-0.4, -0.2) is 71.3 Å². The van der Waals surface area contributed by atoms with Gasteiger partial charge in [-0.25, -0.2) is 0 Å². The maximum Gasteiger partial charge on any atom is 0.277 e. The quantitative estimate of drug-likeness (QED) is 0.602. The molecule has 0 saturated carbocycles. The Hall–Kier alpha value is -2.83. The molecule has 0 spiro atoms. The highest BCUT2D eigenvalue weighted by atomic mass is 16.5. The van der Waals surface area contributed by atoms with Crippen molar-refractivity contribution >= 4 is 12.0 Å². The second-order valence-corrected chi connectivity index (χ2v) is 8.13. The molecule has 0 bridgehead atoms. The van der Waals surface area contributed by atoms with Gasteiger partial charge in [0.2, 0.25) is 0 Å². The lowest BCUT2D eigenvalue weighted by atomic mass is 10.2. The molecule has 1 aliphatic heterocycles. The molecular weight excluding hydrogens is 390 g/mol. The van der Waals surface area contributed by atoms with Crippen molar-refractivity contribution in [2.75, 3.05) is 60.5 Å². The van der Waals surface area contributed by atoms with Crippen molar-refractivity contribution in [2.24, 2.45) is 0 Å². The number of carbonyl (C=O) groups excluding carboxylic acids is 1. The van der Waals surface area contributed by atoms with Gasteiger partial charge in [0.15, 0.2) is 18.0 Å². The molecule has 1 heterocycles. The Morgan fingerprint density at radius 3 is 2.32 bits per heavy atom. The zero-order valence-corrected chi connectivity index (χ0v) is 18.9. The number of hydrogen-bond acceptors (Lipinski definition) is 3. The zero-order valence-electron chi connectivity index (χ0n) is 18.9. The van der Waals surface area contributed by atoms with Crippen LogP contribution in [0.15, 0.2) is 54.6 Å². The smallest absolute Gasteiger partial charge is 0.277 e. The lowest BCUT2D eigenvalue weighted by Crippen LogP contribution is -3.28. The molecule has 31 heavy (non-hydrogen) atoms. The number of benzene rings is 2. The summed E-state index contributed by atoms with van der Waals surface area (Å²) >= 11 is 0. The van der Waals surface area contributed by atoms with Crippen LogP contribution in [0.3, 0.4) is 0 Å². The Labute approximate surface area is 185 Å². The highest BCUT2D eigenvalue weighted by Crippen LogP contribution is 2.27. The molecule has 0 unspecified atom stereocenters. The minimum atomic E-state index is 0.178. The molecule has 1 fully saturated rings. The van der Waals surface area contributed by atoms with Crippen molar-refractivity contribution in [3.63, 3.8) is 0 Å². The Balaban J connectivity index is 1.41. The maximum absolute atomic E-state index is 12.7. The normalized spacial score (nSPS) is 18.7. The molecule has 166 valence electrons. The summed E-state index contributed by atoms with van der Waals surface area (Å²) in [6.07, 6.45) is 4.45. The van der Waals surface area contributed by atoms with Crippen LogP contribution in [0.1, 0.15) is 11.1 Å². The molecule has 0 aromatic heterocycles. The number of methoxy groups -OCH3 is 2. The second kappa shape index (κ2) is 11.5. The molecular formula is C25H35N3O3+2. The van der Waals surface area contributed by atoms with E-state index in [1.807, 2.05) is 31.3 Å². The number of carbonyl (C=O) groups is 1.